The summed E-state index contributed by atoms with van der Waals surface area (Å²) in [7, 11) is 1.59. The molecule has 1 heterocycles. The first kappa shape index (κ1) is 25.5. The number of carbonyl (C=O) groups is 2. The van der Waals surface area contributed by atoms with Crippen molar-refractivity contribution < 1.29 is 19.1 Å². The minimum Gasteiger partial charge on any atom is -0.493 e. The van der Waals surface area contributed by atoms with Crippen molar-refractivity contribution in [3.8, 4) is 11.5 Å². The number of hydrogen-bond donors (Lipinski definition) is 0. The van der Waals surface area contributed by atoms with Crippen LogP contribution in [0.3, 0.4) is 0 Å². The van der Waals surface area contributed by atoms with E-state index in [-0.39, 0.29) is 23.7 Å². The molecule has 6 nitrogen and oxygen atoms in total. The van der Waals surface area contributed by atoms with Crippen LogP contribution in [0.4, 0.5) is 0 Å². The summed E-state index contributed by atoms with van der Waals surface area (Å²) in [4.78, 5) is 27.6. The Kier molecular flexibility index (Phi) is 5.89. The Balaban J connectivity index is 1.06. The van der Waals surface area contributed by atoms with Gasteiger partial charge in [-0.2, -0.15) is 10.1 Å². The zero-order valence-electron chi connectivity index (χ0n) is 23.5. The Morgan fingerprint density at radius 1 is 0.698 bits per heavy atom. The van der Waals surface area contributed by atoms with Gasteiger partial charge in [-0.15, -0.1) is 0 Å². The van der Waals surface area contributed by atoms with E-state index < -0.39 is 11.8 Å². The van der Waals surface area contributed by atoms with E-state index in [9.17, 15) is 9.59 Å². The van der Waals surface area contributed by atoms with E-state index in [2.05, 4.69) is 53.6 Å². The van der Waals surface area contributed by atoms with Crippen molar-refractivity contribution in [2.45, 2.75) is 18.4 Å². The van der Waals surface area contributed by atoms with Crippen LogP contribution in [0.5, 0.6) is 11.5 Å². The SMILES string of the molecule is COc1cc(/C=N\N2C(=O)[C@@H]3C4c5ccccc5C(c5ccccc54)[C@@H]3C2=O)ccc1OCc1cccc2ccccc12. The van der Waals surface area contributed by atoms with Crippen LogP contribution < -0.4 is 9.47 Å². The van der Waals surface area contributed by atoms with Crippen LogP contribution in [-0.2, 0) is 16.2 Å². The summed E-state index contributed by atoms with van der Waals surface area (Å²) in [6.45, 7) is 0.387. The summed E-state index contributed by atoms with van der Waals surface area (Å²) in [5.74, 6) is -0.577. The number of amides is 2. The lowest BCUT2D eigenvalue weighted by Gasteiger charge is -2.45. The van der Waals surface area contributed by atoms with E-state index >= 15 is 0 Å². The highest BCUT2D eigenvalue weighted by atomic mass is 16.5. The second-order valence-electron chi connectivity index (χ2n) is 11.3. The molecule has 4 aliphatic rings. The number of nitrogens with zero attached hydrogens (tertiary/aromatic N) is 2. The van der Waals surface area contributed by atoms with Gasteiger partial charge in [0.05, 0.1) is 25.2 Å². The fourth-order valence-electron chi connectivity index (χ4n) is 7.36. The standard InChI is InChI=1S/C37H28N2O4/c1-42-31-19-22(17-18-30(31)43-21-24-11-8-10-23-9-2-3-12-25(23)24)20-38-39-36(40)34-32-26-13-4-5-14-27(26)33(35(34)37(39)41)29-16-7-6-15-28(29)32/h2-20,32-35H,21H2,1H3/b38-20-/t32?,33?,34-,35+. The molecule has 43 heavy (non-hydrogen) atoms. The number of benzene rings is 5. The van der Waals surface area contributed by atoms with E-state index in [1.807, 2.05) is 54.6 Å². The molecule has 9 rings (SSSR count). The molecular weight excluding hydrogens is 536 g/mol. The number of carbonyl (C=O) groups excluding carboxylic acids is 2. The van der Waals surface area contributed by atoms with Crippen molar-refractivity contribution in [1.82, 2.24) is 5.01 Å². The first-order valence-corrected chi connectivity index (χ1v) is 14.5. The molecule has 1 saturated heterocycles. The minimum atomic E-state index is -0.459. The maximum absolute atomic E-state index is 13.8. The third kappa shape index (κ3) is 3.90. The Labute approximate surface area is 249 Å². The van der Waals surface area contributed by atoms with Gasteiger partial charge in [0, 0.05) is 11.8 Å². The van der Waals surface area contributed by atoms with E-state index in [0.717, 1.165) is 43.6 Å². The van der Waals surface area contributed by atoms with Crippen molar-refractivity contribution in [2.24, 2.45) is 16.9 Å². The molecule has 1 fully saturated rings. The van der Waals surface area contributed by atoms with Crippen LogP contribution in [0.15, 0.2) is 114 Å². The molecule has 2 atom stereocenters. The van der Waals surface area contributed by atoms with Gasteiger partial charge in [0.25, 0.3) is 11.8 Å². The maximum atomic E-state index is 13.8. The van der Waals surface area contributed by atoms with Crippen LogP contribution in [0.25, 0.3) is 10.8 Å². The van der Waals surface area contributed by atoms with Crippen molar-refractivity contribution >= 4 is 28.8 Å². The number of hydrogen-bond acceptors (Lipinski definition) is 5. The number of methoxy groups -OCH3 is 1. The van der Waals surface area contributed by atoms with Gasteiger partial charge in [-0.3, -0.25) is 9.59 Å². The molecule has 5 aromatic carbocycles. The van der Waals surface area contributed by atoms with Crippen molar-refractivity contribution in [1.29, 1.82) is 0 Å². The Morgan fingerprint density at radius 3 is 1.91 bits per heavy atom. The summed E-state index contributed by atoms with van der Waals surface area (Å²) in [5.41, 5.74) is 6.34. The largest absolute Gasteiger partial charge is 0.493 e. The van der Waals surface area contributed by atoms with Gasteiger partial charge in [0.2, 0.25) is 0 Å². The minimum absolute atomic E-state index is 0.155. The molecule has 5 aromatic rings. The second-order valence-corrected chi connectivity index (χ2v) is 11.3. The molecule has 0 aromatic heterocycles. The molecule has 2 bridgehead atoms. The number of fused-ring (bicyclic) bond motifs is 1. The highest BCUT2D eigenvalue weighted by molar-refractivity contribution is 6.08. The first-order chi connectivity index (χ1) is 21.1. The lowest BCUT2D eigenvalue weighted by atomic mass is 9.55. The Bertz CT molecular complexity index is 1840. The van der Waals surface area contributed by atoms with Gasteiger partial charge in [-0.25, -0.2) is 0 Å². The zero-order chi connectivity index (χ0) is 29.1. The zero-order valence-corrected chi connectivity index (χ0v) is 23.5. The predicted molar refractivity (Wildman–Crippen MR) is 164 cm³/mol. The van der Waals surface area contributed by atoms with Gasteiger partial charge < -0.3 is 9.47 Å². The second kappa shape index (κ2) is 9.95. The van der Waals surface area contributed by atoms with E-state index in [4.69, 9.17) is 9.47 Å². The van der Waals surface area contributed by atoms with Crippen LogP contribution in [0, 0.1) is 11.8 Å². The van der Waals surface area contributed by atoms with Gasteiger partial charge in [0.1, 0.15) is 6.61 Å². The van der Waals surface area contributed by atoms with Gasteiger partial charge in [-0.05, 0) is 62.4 Å². The quantitative estimate of drug-likeness (QED) is 0.171. The fraction of sp³-hybridized carbons (Fsp3) is 0.162. The van der Waals surface area contributed by atoms with Gasteiger partial charge >= 0.3 is 0 Å². The molecule has 2 amide bonds. The van der Waals surface area contributed by atoms with Crippen LogP contribution in [-0.4, -0.2) is 30.1 Å². The van der Waals surface area contributed by atoms with Crippen LogP contribution in [0.1, 0.15) is 45.2 Å². The number of ether oxygens (including phenoxy) is 2. The molecule has 6 heteroatoms. The van der Waals surface area contributed by atoms with E-state index in [1.54, 1.807) is 19.4 Å². The maximum Gasteiger partial charge on any atom is 0.254 e. The molecule has 210 valence electrons. The van der Waals surface area contributed by atoms with Crippen LogP contribution in [0.2, 0.25) is 0 Å². The molecule has 1 aliphatic heterocycles. The molecule has 0 saturated carbocycles. The topological polar surface area (TPSA) is 68.2 Å². The number of hydrazone groups is 1. The first-order valence-electron chi connectivity index (χ1n) is 14.5. The normalized spacial score (nSPS) is 21.7. The number of imide groups is 1. The summed E-state index contributed by atoms with van der Waals surface area (Å²) >= 11 is 0. The van der Waals surface area contributed by atoms with Gasteiger partial charge in [-0.1, -0.05) is 91.0 Å². The predicted octanol–water partition coefficient (Wildman–Crippen LogP) is 6.65. The highest BCUT2D eigenvalue weighted by Gasteiger charge is 2.61. The van der Waals surface area contributed by atoms with Crippen molar-refractivity contribution in [3.05, 3.63) is 143 Å². The Hall–Kier alpha value is -5.23. The number of rotatable bonds is 6. The third-order valence-corrected chi connectivity index (χ3v) is 9.20. The Morgan fingerprint density at radius 2 is 1.28 bits per heavy atom. The lowest BCUT2D eigenvalue weighted by Crippen LogP contribution is -2.41. The molecule has 0 unspecified atom stereocenters. The third-order valence-electron chi connectivity index (χ3n) is 9.20. The summed E-state index contributed by atoms with van der Waals surface area (Å²) in [5, 5.41) is 7.84. The summed E-state index contributed by atoms with van der Waals surface area (Å²) < 4.78 is 11.8. The average molecular weight is 565 g/mol. The smallest absolute Gasteiger partial charge is 0.254 e. The van der Waals surface area contributed by atoms with Crippen LogP contribution >= 0.6 is 0 Å². The van der Waals surface area contributed by atoms with Crippen molar-refractivity contribution in [3.63, 3.8) is 0 Å². The summed E-state index contributed by atoms with van der Waals surface area (Å²) in [6, 6.07) is 36.3. The molecule has 0 radical (unpaired) electrons. The van der Waals surface area contributed by atoms with E-state index in [0.29, 0.717) is 23.7 Å². The van der Waals surface area contributed by atoms with E-state index in [1.165, 1.54) is 0 Å². The lowest BCUT2D eigenvalue weighted by molar-refractivity contribution is -0.139. The molecular formula is C37H28N2O4. The fourth-order valence-corrected chi connectivity index (χ4v) is 7.36. The summed E-state index contributed by atoms with van der Waals surface area (Å²) in [6.07, 6.45) is 1.55. The van der Waals surface area contributed by atoms with Crippen molar-refractivity contribution in [2.75, 3.05) is 7.11 Å². The highest BCUT2D eigenvalue weighted by Crippen LogP contribution is 2.61. The molecule has 0 N–H and O–H groups in total. The monoisotopic (exact) mass is 564 g/mol. The molecule has 3 aliphatic carbocycles. The average Bonchev–Trinajstić information content (AvgIpc) is 3.31. The molecule has 0 spiro atoms. The van der Waals surface area contributed by atoms with Gasteiger partial charge in [0.15, 0.2) is 11.5 Å².